The van der Waals surface area contributed by atoms with Crippen LogP contribution >= 0.6 is 0 Å². The van der Waals surface area contributed by atoms with Crippen LogP contribution in [0.1, 0.15) is 40.9 Å². The number of nitrogens with one attached hydrogen (secondary N) is 1. The number of ether oxygens (including phenoxy) is 1. The van der Waals surface area contributed by atoms with Crippen LogP contribution in [-0.4, -0.2) is 40.7 Å². The molecule has 26 heavy (non-hydrogen) atoms. The average Bonchev–Trinajstić information content (AvgIpc) is 3.18. The second kappa shape index (κ2) is 5.77. The van der Waals surface area contributed by atoms with Gasteiger partial charge in [-0.25, -0.2) is 0 Å². The number of carboxylic acid groups (broad SMARTS) is 1. The van der Waals surface area contributed by atoms with Gasteiger partial charge in [0, 0.05) is 11.9 Å². The van der Waals surface area contributed by atoms with E-state index in [0.29, 0.717) is 37.1 Å². The molecule has 2 unspecified atom stereocenters. The summed E-state index contributed by atoms with van der Waals surface area (Å²) in [4.78, 5) is 28.9. The van der Waals surface area contributed by atoms with Gasteiger partial charge in [0.15, 0.2) is 0 Å². The Labute approximate surface area is 151 Å². The Bertz CT molecular complexity index is 913. The van der Waals surface area contributed by atoms with E-state index >= 15 is 0 Å². The highest BCUT2D eigenvalue weighted by molar-refractivity contribution is 6.01. The first-order valence-corrected chi connectivity index (χ1v) is 8.87. The van der Waals surface area contributed by atoms with E-state index < -0.39 is 17.0 Å². The number of nitrogens with zero attached hydrogens (tertiary/aromatic N) is 1. The Morgan fingerprint density at radius 1 is 1.27 bits per heavy atom. The SMILES string of the molecule is Cc1nc2ccccc2c(C)c1C(=O)NCC12CCC(C(=O)O)(CO1)C2. The number of hydrogen-bond acceptors (Lipinski definition) is 4. The van der Waals surface area contributed by atoms with E-state index in [9.17, 15) is 14.7 Å². The number of pyridine rings is 1. The van der Waals surface area contributed by atoms with E-state index in [4.69, 9.17) is 4.74 Å². The number of rotatable bonds is 4. The highest BCUT2D eigenvalue weighted by Crippen LogP contribution is 2.52. The van der Waals surface area contributed by atoms with E-state index in [0.717, 1.165) is 16.5 Å². The number of aliphatic carboxylic acids is 1. The molecule has 2 fully saturated rings. The van der Waals surface area contributed by atoms with Gasteiger partial charge in [-0.3, -0.25) is 14.6 Å². The number of hydrogen-bond donors (Lipinski definition) is 2. The first-order valence-electron chi connectivity index (χ1n) is 8.87. The van der Waals surface area contributed by atoms with Gasteiger partial charge in [-0.2, -0.15) is 0 Å². The molecule has 136 valence electrons. The molecule has 1 aromatic carbocycles. The third kappa shape index (κ3) is 2.48. The van der Waals surface area contributed by atoms with Crippen molar-refractivity contribution in [2.24, 2.45) is 5.41 Å². The van der Waals surface area contributed by atoms with Gasteiger partial charge in [-0.05, 0) is 44.7 Å². The molecular formula is C20H22N2O4. The fourth-order valence-electron chi connectivity index (χ4n) is 4.44. The summed E-state index contributed by atoms with van der Waals surface area (Å²) in [6, 6.07) is 7.76. The minimum absolute atomic E-state index is 0.184. The van der Waals surface area contributed by atoms with Gasteiger partial charge in [0.1, 0.15) is 0 Å². The monoisotopic (exact) mass is 354 g/mol. The van der Waals surface area contributed by atoms with Gasteiger partial charge in [-0.1, -0.05) is 18.2 Å². The standard InChI is InChI=1S/C20H22N2O4/c1-12-14-5-3-4-6-15(14)22-13(2)16(12)17(23)21-10-20-8-7-19(9-20,11-26-20)18(24)25/h3-6H,7-11H2,1-2H3,(H,21,23)(H,24,25). The van der Waals surface area contributed by atoms with Gasteiger partial charge in [0.2, 0.25) is 0 Å². The Kier molecular flexibility index (Phi) is 3.77. The van der Waals surface area contributed by atoms with Crippen LogP contribution in [0.3, 0.4) is 0 Å². The van der Waals surface area contributed by atoms with Crippen molar-refractivity contribution in [2.75, 3.05) is 13.2 Å². The maximum absolute atomic E-state index is 12.8. The molecule has 2 heterocycles. The average molecular weight is 354 g/mol. The van der Waals surface area contributed by atoms with E-state index in [1.807, 2.05) is 38.1 Å². The quantitative estimate of drug-likeness (QED) is 0.881. The summed E-state index contributed by atoms with van der Waals surface area (Å²) in [5, 5.41) is 13.4. The second-order valence-corrected chi connectivity index (χ2v) is 7.63. The van der Waals surface area contributed by atoms with Crippen molar-refractivity contribution in [3.63, 3.8) is 0 Å². The van der Waals surface area contributed by atoms with Crippen molar-refractivity contribution >= 4 is 22.8 Å². The van der Waals surface area contributed by atoms with Gasteiger partial charge >= 0.3 is 5.97 Å². The topological polar surface area (TPSA) is 88.5 Å². The first kappa shape index (κ1) is 17.0. The van der Waals surface area contributed by atoms with Crippen LogP contribution in [0.15, 0.2) is 24.3 Å². The highest BCUT2D eigenvalue weighted by atomic mass is 16.5. The number of aryl methyl sites for hydroxylation is 2. The third-order valence-corrected chi connectivity index (χ3v) is 5.96. The lowest BCUT2D eigenvalue weighted by Crippen LogP contribution is -2.42. The Balaban J connectivity index is 1.55. The van der Waals surface area contributed by atoms with Crippen LogP contribution in [0.5, 0.6) is 0 Å². The van der Waals surface area contributed by atoms with E-state index in [1.165, 1.54) is 0 Å². The molecule has 2 N–H and O–H groups in total. The van der Waals surface area contributed by atoms with Gasteiger partial charge in [0.25, 0.3) is 5.91 Å². The maximum atomic E-state index is 12.8. The second-order valence-electron chi connectivity index (χ2n) is 7.63. The molecule has 6 nitrogen and oxygen atoms in total. The molecule has 1 aliphatic heterocycles. The largest absolute Gasteiger partial charge is 0.481 e. The summed E-state index contributed by atoms with van der Waals surface area (Å²) < 4.78 is 5.81. The number of aromatic nitrogens is 1. The summed E-state index contributed by atoms with van der Waals surface area (Å²) in [7, 11) is 0. The molecule has 2 aliphatic rings. The molecule has 1 saturated heterocycles. The first-order chi connectivity index (χ1) is 12.4. The van der Waals surface area contributed by atoms with E-state index in [1.54, 1.807) is 0 Å². The number of carboxylic acids is 1. The van der Waals surface area contributed by atoms with Crippen LogP contribution in [0.25, 0.3) is 10.9 Å². The summed E-state index contributed by atoms with van der Waals surface area (Å²) in [6.45, 7) is 4.32. The highest BCUT2D eigenvalue weighted by Gasteiger charge is 2.59. The van der Waals surface area contributed by atoms with Crippen LogP contribution in [0.4, 0.5) is 0 Å². The molecule has 1 amide bonds. The number of fused-ring (bicyclic) bond motifs is 3. The maximum Gasteiger partial charge on any atom is 0.312 e. The normalized spacial score (nSPS) is 27.0. The molecule has 1 aromatic heterocycles. The fourth-order valence-corrected chi connectivity index (χ4v) is 4.44. The van der Waals surface area contributed by atoms with Crippen molar-refractivity contribution in [1.29, 1.82) is 0 Å². The molecular weight excluding hydrogens is 332 g/mol. The van der Waals surface area contributed by atoms with Gasteiger partial charge in [0.05, 0.1) is 34.4 Å². The van der Waals surface area contributed by atoms with Crippen molar-refractivity contribution in [3.05, 3.63) is 41.1 Å². The molecule has 0 spiro atoms. The lowest BCUT2D eigenvalue weighted by atomic mass is 9.88. The predicted octanol–water partition coefficient (Wildman–Crippen LogP) is 2.61. The van der Waals surface area contributed by atoms with Crippen LogP contribution in [-0.2, 0) is 9.53 Å². The summed E-state index contributed by atoms with van der Waals surface area (Å²) >= 11 is 0. The molecule has 1 aliphatic carbocycles. The fraction of sp³-hybridized carbons (Fsp3) is 0.450. The van der Waals surface area contributed by atoms with Crippen molar-refractivity contribution < 1.29 is 19.4 Å². The molecule has 1 saturated carbocycles. The van der Waals surface area contributed by atoms with Crippen molar-refractivity contribution in [1.82, 2.24) is 10.3 Å². The van der Waals surface area contributed by atoms with E-state index in [-0.39, 0.29) is 12.5 Å². The predicted molar refractivity (Wildman–Crippen MR) is 96.2 cm³/mol. The Morgan fingerprint density at radius 3 is 2.69 bits per heavy atom. The van der Waals surface area contributed by atoms with Gasteiger partial charge < -0.3 is 15.2 Å². The Hall–Kier alpha value is -2.47. The molecule has 0 radical (unpaired) electrons. The lowest BCUT2D eigenvalue weighted by Gasteiger charge is -2.27. The zero-order chi connectivity index (χ0) is 18.5. The number of benzene rings is 1. The van der Waals surface area contributed by atoms with Gasteiger partial charge in [-0.15, -0.1) is 0 Å². The minimum atomic E-state index is -0.798. The van der Waals surface area contributed by atoms with Crippen molar-refractivity contribution in [3.8, 4) is 0 Å². The van der Waals surface area contributed by atoms with E-state index in [2.05, 4.69) is 10.3 Å². The summed E-state index contributed by atoms with van der Waals surface area (Å²) in [6.07, 6.45) is 1.73. The van der Waals surface area contributed by atoms with Crippen molar-refractivity contribution in [2.45, 2.75) is 38.7 Å². The van der Waals surface area contributed by atoms with Crippen LogP contribution < -0.4 is 5.32 Å². The molecule has 2 bridgehead atoms. The lowest BCUT2D eigenvalue weighted by molar-refractivity contribution is -0.150. The molecule has 6 heteroatoms. The van der Waals surface area contributed by atoms with Crippen LogP contribution in [0.2, 0.25) is 0 Å². The summed E-state index contributed by atoms with van der Waals surface area (Å²) in [5.41, 5.74) is 1.72. The number of amides is 1. The zero-order valence-corrected chi connectivity index (χ0v) is 15.0. The van der Waals surface area contributed by atoms with Crippen LogP contribution in [0, 0.1) is 19.3 Å². The molecule has 4 rings (SSSR count). The zero-order valence-electron chi connectivity index (χ0n) is 15.0. The molecule has 2 atom stereocenters. The molecule has 2 aromatic rings. The smallest absolute Gasteiger partial charge is 0.312 e. The summed E-state index contributed by atoms with van der Waals surface area (Å²) in [5.74, 6) is -0.982. The number of carbonyl (C=O) groups excluding carboxylic acids is 1. The number of carbonyl (C=O) groups is 2. The number of para-hydroxylation sites is 1. The Morgan fingerprint density at radius 2 is 2.04 bits per heavy atom. The third-order valence-electron chi connectivity index (χ3n) is 5.96. The minimum Gasteiger partial charge on any atom is -0.481 e.